The molecule has 0 atom stereocenters. The number of para-hydroxylation sites is 1. The van der Waals surface area contributed by atoms with Crippen LogP contribution < -0.4 is 4.74 Å². The van der Waals surface area contributed by atoms with E-state index in [1.54, 1.807) is 6.08 Å². The van der Waals surface area contributed by atoms with Gasteiger partial charge in [0.05, 0.1) is 19.8 Å². The lowest BCUT2D eigenvalue weighted by atomic mass is 10.2. The number of aliphatic hydroxyl groups excluding tert-OH is 2. The Hall–Kier alpha value is -1.85. The second kappa shape index (κ2) is 9.12. The standard InChI is InChI=1S/C15H21NO4/c1-2-20-14-6-4-3-5-13(14)7-8-15(19)16(9-11-17)10-12-18/h3-8,17-18H,2,9-12H2,1H3. The Balaban J connectivity index is 2.77. The topological polar surface area (TPSA) is 70.0 Å². The zero-order valence-corrected chi connectivity index (χ0v) is 11.7. The molecular formula is C15H21NO4. The molecular weight excluding hydrogens is 258 g/mol. The molecule has 0 aliphatic heterocycles. The number of hydrogen-bond acceptors (Lipinski definition) is 4. The first kappa shape index (κ1) is 16.2. The Bertz CT molecular complexity index is 439. The third-order valence-corrected chi connectivity index (χ3v) is 2.68. The maximum absolute atomic E-state index is 11.9. The number of rotatable bonds is 8. The van der Waals surface area contributed by atoms with E-state index < -0.39 is 0 Å². The Kier molecular flexibility index (Phi) is 7.39. The minimum atomic E-state index is -0.251. The highest BCUT2D eigenvalue weighted by Gasteiger charge is 2.09. The summed E-state index contributed by atoms with van der Waals surface area (Å²) in [4.78, 5) is 13.3. The molecule has 0 aromatic heterocycles. The van der Waals surface area contributed by atoms with Crippen LogP contribution in [0.2, 0.25) is 0 Å². The van der Waals surface area contributed by atoms with Crippen LogP contribution in [-0.2, 0) is 4.79 Å². The van der Waals surface area contributed by atoms with E-state index in [2.05, 4.69) is 0 Å². The fraction of sp³-hybridized carbons (Fsp3) is 0.400. The first-order chi connectivity index (χ1) is 9.72. The van der Waals surface area contributed by atoms with Gasteiger partial charge in [0.2, 0.25) is 5.91 Å². The quantitative estimate of drug-likeness (QED) is 0.694. The van der Waals surface area contributed by atoms with E-state index in [1.165, 1.54) is 11.0 Å². The van der Waals surface area contributed by atoms with E-state index in [4.69, 9.17) is 14.9 Å². The van der Waals surface area contributed by atoms with Crippen LogP contribution >= 0.6 is 0 Å². The molecule has 20 heavy (non-hydrogen) atoms. The molecule has 5 heteroatoms. The summed E-state index contributed by atoms with van der Waals surface area (Å²) < 4.78 is 5.47. The van der Waals surface area contributed by atoms with Gasteiger partial charge in [0.1, 0.15) is 5.75 Å². The predicted octanol–water partition coefficient (Wildman–Crippen LogP) is 0.912. The number of ether oxygens (including phenoxy) is 1. The van der Waals surface area contributed by atoms with Gasteiger partial charge in [-0.25, -0.2) is 0 Å². The first-order valence-electron chi connectivity index (χ1n) is 6.63. The lowest BCUT2D eigenvalue weighted by molar-refractivity contribution is -0.126. The minimum absolute atomic E-state index is 0.130. The van der Waals surface area contributed by atoms with Crippen LogP contribution in [0.1, 0.15) is 12.5 Å². The molecule has 1 rings (SSSR count). The van der Waals surface area contributed by atoms with Crippen molar-refractivity contribution in [3.05, 3.63) is 35.9 Å². The summed E-state index contributed by atoms with van der Waals surface area (Å²) in [5, 5.41) is 17.8. The number of benzene rings is 1. The highest BCUT2D eigenvalue weighted by Crippen LogP contribution is 2.19. The fourth-order valence-corrected chi connectivity index (χ4v) is 1.75. The molecule has 1 aromatic carbocycles. The van der Waals surface area contributed by atoms with Crippen molar-refractivity contribution in [1.82, 2.24) is 4.90 Å². The van der Waals surface area contributed by atoms with E-state index in [1.807, 2.05) is 31.2 Å². The highest BCUT2D eigenvalue weighted by atomic mass is 16.5. The second-order valence-corrected chi connectivity index (χ2v) is 4.08. The molecule has 1 amide bonds. The van der Waals surface area contributed by atoms with Gasteiger partial charge in [0.15, 0.2) is 0 Å². The summed E-state index contributed by atoms with van der Waals surface area (Å²) >= 11 is 0. The molecule has 5 nitrogen and oxygen atoms in total. The van der Waals surface area contributed by atoms with Crippen molar-refractivity contribution < 1.29 is 19.7 Å². The van der Waals surface area contributed by atoms with E-state index >= 15 is 0 Å². The molecule has 1 aromatic rings. The molecule has 2 N–H and O–H groups in total. The van der Waals surface area contributed by atoms with Gasteiger partial charge >= 0.3 is 0 Å². The van der Waals surface area contributed by atoms with Crippen molar-refractivity contribution in [2.45, 2.75) is 6.92 Å². The monoisotopic (exact) mass is 279 g/mol. The third-order valence-electron chi connectivity index (χ3n) is 2.68. The van der Waals surface area contributed by atoms with Crippen LogP contribution in [0.5, 0.6) is 5.75 Å². The van der Waals surface area contributed by atoms with Gasteiger partial charge in [-0.05, 0) is 19.1 Å². The van der Waals surface area contributed by atoms with Crippen LogP contribution in [0.25, 0.3) is 6.08 Å². The van der Waals surface area contributed by atoms with Crippen LogP contribution in [0.15, 0.2) is 30.3 Å². The summed E-state index contributed by atoms with van der Waals surface area (Å²) in [6.07, 6.45) is 3.10. The highest BCUT2D eigenvalue weighted by molar-refractivity contribution is 5.92. The minimum Gasteiger partial charge on any atom is -0.493 e. The molecule has 0 bridgehead atoms. The largest absolute Gasteiger partial charge is 0.493 e. The average molecular weight is 279 g/mol. The van der Waals surface area contributed by atoms with Crippen LogP contribution in [0.4, 0.5) is 0 Å². The van der Waals surface area contributed by atoms with Crippen molar-refractivity contribution in [2.75, 3.05) is 32.9 Å². The zero-order valence-electron chi connectivity index (χ0n) is 11.7. The van der Waals surface area contributed by atoms with Gasteiger partial charge in [0, 0.05) is 24.7 Å². The van der Waals surface area contributed by atoms with Gasteiger partial charge in [0.25, 0.3) is 0 Å². The van der Waals surface area contributed by atoms with E-state index in [9.17, 15) is 4.79 Å². The average Bonchev–Trinajstić information content (AvgIpc) is 2.46. The fourth-order valence-electron chi connectivity index (χ4n) is 1.75. The Morgan fingerprint density at radius 1 is 1.25 bits per heavy atom. The summed E-state index contributed by atoms with van der Waals surface area (Å²) in [6.45, 7) is 2.60. The second-order valence-electron chi connectivity index (χ2n) is 4.08. The smallest absolute Gasteiger partial charge is 0.246 e. The van der Waals surface area contributed by atoms with Crippen LogP contribution in [0, 0.1) is 0 Å². The van der Waals surface area contributed by atoms with Gasteiger partial charge in [-0.2, -0.15) is 0 Å². The Labute approximate surface area is 119 Å². The molecule has 0 unspecified atom stereocenters. The molecule has 0 spiro atoms. The molecule has 0 fully saturated rings. The summed E-state index contributed by atoms with van der Waals surface area (Å²) in [6, 6.07) is 7.43. The predicted molar refractivity (Wildman–Crippen MR) is 77.4 cm³/mol. The molecule has 0 radical (unpaired) electrons. The van der Waals surface area contributed by atoms with Crippen molar-refractivity contribution in [1.29, 1.82) is 0 Å². The van der Waals surface area contributed by atoms with Gasteiger partial charge in [-0.1, -0.05) is 18.2 Å². The molecule has 0 saturated heterocycles. The maximum Gasteiger partial charge on any atom is 0.246 e. The Morgan fingerprint density at radius 3 is 2.50 bits per heavy atom. The molecule has 0 aliphatic rings. The van der Waals surface area contributed by atoms with Crippen molar-refractivity contribution in [2.24, 2.45) is 0 Å². The normalized spacial score (nSPS) is 10.8. The lowest BCUT2D eigenvalue weighted by Crippen LogP contribution is -2.34. The molecule has 0 heterocycles. The van der Waals surface area contributed by atoms with E-state index in [-0.39, 0.29) is 32.2 Å². The molecule has 0 aliphatic carbocycles. The summed E-state index contributed by atoms with van der Waals surface area (Å²) in [5.41, 5.74) is 0.815. The number of aliphatic hydroxyl groups is 2. The lowest BCUT2D eigenvalue weighted by Gasteiger charge is -2.18. The van der Waals surface area contributed by atoms with E-state index in [0.717, 1.165) is 11.3 Å². The summed E-state index contributed by atoms with van der Waals surface area (Å²) in [7, 11) is 0. The third kappa shape index (κ3) is 5.03. The van der Waals surface area contributed by atoms with Crippen LogP contribution in [0.3, 0.4) is 0 Å². The number of carbonyl (C=O) groups excluding carboxylic acids is 1. The zero-order chi connectivity index (χ0) is 14.8. The van der Waals surface area contributed by atoms with Crippen molar-refractivity contribution in [3.63, 3.8) is 0 Å². The summed E-state index contributed by atoms with van der Waals surface area (Å²) in [5.74, 6) is 0.467. The number of nitrogens with zero attached hydrogens (tertiary/aromatic N) is 1. The SMILES string of the molecule is CCOc1ccccc1C=CC(=O)N(CCO)CCO. The van der Waals surface area contributed by atoms with Gasteiger partial charge < -0.3 is 19.8 Å². The van der Waals surface area contributed by atoms with E-state index in [0.29, 0.717) is 6.61 Å². The maximum atomic E-state index is 11.9. The van der Waals surface area contributed by atoms with Crippen molar-refractivity contribution in [3.8, 4) is 5.75 Å². The van der Waals surface area contributed by atoms with Gasteiger partial charge in [-0.15, -0.1) is 0 Å². The Morgan fingerprint density at radius 2 is 1.90 bits per heavy atom. The van der Waals surface area contributed by atoms with Gasteiger partial charge in [-0.3, -0.25) is 4.79 Å². The number of hydrogen-bond donors (Lipinski definition) is 2. The molecule has 0 saturated carbocycles. The first-order valence-corrected chi connectivity index (χ1v) is 6.63. The molecule has 110 valence electrons. The number of carbonyl (C=O) groups is 1. The van der Waals surface area contributed by atoms with Crippen molar-refractivity contribution >= 4 is 12.0 Å². The van der Waals surface area contributed by atoms with Crippen LogP contribution in [-0.4, -0.2) is 53.9 Å². The number of amides is 1.